The number of methoxy groups -OCH3 is 1. The number of benzene rings is 1. The Balaban J connectivity index is 1.98. The highest BCUT2D eigenvalue weighted by Gasteiger charge is 2.20. The number of rotatable bonds is 8. The van der Waals surface area contributed by atoms with Crippen molar-refractivity contribution in [2.24, 2.45) is 0 Å². The Kier molecular flexibility index (Phi) is 7.17. The molecule has 2 aromatic rings. The van der Waals surface area contributed by atoms with E-state index >= 15 is 0 Å². The highest BCUT2D eigenvalue weighted by Crippen LogP contribution is 2.21. The molecule has 0 amide bonds. The molecule has 140 valence electrons. The smallest absolute Gasteiger partial charge is 0.310 e. The van der Waals surface area contributed by atoms with Gasteiger partial charge in [-0.25, -0.2) is 0 Å². The molecule has 0 saturated carbocycles. The number of hydrogen-bond donors (Lipinski definition) is 0. The van der Waals surface area contributed by atoms with Crippen molar-refractivity contribution in [3.05, 3.63) is 57.3 Å². The van der Waals surface area contributed by atoms with E-state index in [2.05, 4.69) is 20.5 Å². The zero-order valence-electron chi connectivity index (χ0n) is 15.5. The maximum absolute atomic E-state index is 12.5. The molecule has 6 heteroatoms. The number of nitrogens with zero attached hydrogens (tertiary/aromatic N) is 1. The Labute approximate surface area is 162 Å². The number of ketones is 1. The van der Waals surface area contributed by atoms with Crippen LogP contribution in [0.1, 0.15) is 40.3 Å². The van der Waals surface area contributed by atoms with Crippen LogP contribution in [-0.2, 0) is 20.7 Å². The van der Waals surface area contributed by atoms with Gasteiger partial charge in [0.2, 0.25) is 5.78 Å². The first kappa shape index (κ1) is 20.4. The third-order valence-corrected chi connectivity index (χ3v) is 4.79. The predicted octanol–water partition coefficient (Wildman–Crippen LogP) is 4.04. The van der Waals surface area contributed by atoms with Gasteiger partial charge in [0.1, 0.15) is 0 Å². The van der Waals surface area contributed by atoms with Crippen molar-refractivity contribution < 1.29 is 19.1 Å². The summed E-state index contributed by atoms with van der Waals surface area (Å²) in [4.78, 5) is 24.5. The Bertz CT molecular complexity index is 780. The Morgan fingerprint density at radius 3 is 2.46 bits per heavy atom. The number of hydrogen-bond acceptors (Lipinski definition) is 4. The van der Waals surface area contributed by atoms with Gasteiger partial charge >= 0.3 is 5.97 Å². The lowest BCUT2D eigenvalue weighted by Gasteiger charge is -2.17. The van der Waals surface area contributed by atoms with E-state index in [0.717, 1.165) is 21.4 Å². The first-order valence-electron chi connectivity index (χ1n) is 8.44. The van der Waals surface area contributed by atoms with Gasteiger partial charge in [-0.15, -0.1) is 0 Å². The monoisotopic (exact) mass is 421 g/mol. The molecule has 5 nitrogen and oxygen atoms in total. The van der Waals surface area contributed by atoms with Crippen LogP contribution in [0.2, 0.25) is 0 Å². The number of aryl methyl sites for hydroxylation is 1. The first-order chi connectivity index (χ1) is 12.3. The van der Waals surface area contributed by atoms with E-state index in [-0.39, 0.29) is 24.9 Å². The summed E-state index contributed by atoms with van der Waals surface area (Å²) in [5.41, 5.74) is 3.27. The number of aromatic nitrogens is 1. The number of Topliss-reactive ketones (excluding diaryl/α,β-unsaturated/α-hetero) is 1. The van der Waals surface area contributed by atoms with Gasteiger partial charge in [-0.3, -0.25) is 9.59 Å². The molecule has 2 rings (SSSR count). The molecule has 0 bridgehead atoms. The van der Waals surface area contributed by atoms with Crippen LogP contribution >= 0.6 is 15.9 Å². The van der Waals surface area contributed by atoms with E-state index in [1.807, 2.05) is 51.1 Å². The van der Waals surface area contributed by atoms with Gasteiger partial charge in [0.05, 0.1) is 19.1 Å². The van der Waals surface area contributed by atoms with E-state index in [0.29, 0.717) is 12.2 Å². The normalized spacial score (nSPS) is 12.0. The van der Waals surface area contributed by atoms with Gasteiger partial charge in [-0.2, -0.15) is 0 Å². The van der Waals surface area contributed by atoms with Crippen LogP contribution in [-0.4, -0.2) is 36.6 Å². The van der Waals surface area contributed by atoms with Gasteiger partial charge in [0, 0.05) is 28.5 Å². The lowest BCUT2D eigenvalue weighted by molar-refractivity contribution is -0.141. The summed E-state index contributed by atoms with van der Waals surface area (Å²) in [7, 11) is 1.65. The fourth-order valence-electron chi connectivity index (χ4n) is 3.10. The molecule has 0 spiro atoms. The molecule has 0 aliphatic carbocycles. The summed E-state index contributed by atoms with van der Waals surface area (Å²) in [5.74, 6) is -0.611. The standard InChI is InChI=1S/C20H24BrNO4/c1-13-9-18(15(3)22(13)14(2)11-25-4)19(23)12-26-20(24)10-16-5-7-17(21)8-6-16/h5-9,14H,10-12H2,1-4H3/t14-/m0/s1. The van der Waals surface area contributed by atoms with Crippen LogP contribution in [0.3, 0.4) is 0 Å². The van der Waals surface area contributed by atoms with E-state index in [4.69, 9.17) is 9.47 Å². The van der Waals surface area contributed by atoms with Crippen molar-refractivity contribution in [2.75, 3.05) is 20.3 Å². The molecule has 1 aromatic heterocycles. The molecule has 1 heterocycles. The summed E-state index contributed by atoms with van der Waals surface area (Å²) in [6.07, 6.45) is 0.143. The van der Waals surface area contributed by atoms with E-state index < -0.39 is 5.97 Å². The second kappa shape index (κ2) is 9.14. The molecule has 0 aliphatic rings. The maximum atomic E-state index is 12.5. The number of carbonyl (C=O) groups is 2. The largest absolute Gasteiger partial charge is 0.457 e. The number of halogens is 1. The van der Waals surface area contributed by atoms with Crippen LogP contribution in [0.25, 0.3) is 0 Å². The quantitative estimate of drug-likeness (QED) is 0.476. The van der Waals surface area contributed by atoms with Crippen LogP contribution in [0, 0.1) is 13.8 Å². The minimum atomic E-state index is -0.415. The van der Waals surface area contributed by atoms with Crippen LogP contribution in [0.5, 0.6) is 0 Å². The van der Waals surface area contributed by atoms with Gasteiger partial charge in [0.15, 0.2) is 6.61 Å². The topological polar surface area (TPSA) is 57.5 Å². The second-order valence-corrected chi connectivity index (χ2v) is 7.26. The predicted molar refractivity (Wildman–Crippen MR) is 104 cm³/mol. The van der Waals surface area contributed by atoms with Crippen LogP contribution < -0.4 is 0 Å². The van der Waals surface area contributed by atoms with Gasteiger partial charge < -0.3 is 14.0 Å². The number of carbonyl (C=O) groups excluding carboxylic acids is 2. The average Bonchev–Trinajstić information content (AvgIpc) is 2.89. The summed E-state index contributed by atoms with van der Waals surface area (Å²) in [6, 6.07) is 9.39. The minimum absolute atomic E-state index is 0.126. The van der Waals surface area contributed by atoms with Crippen molar-refractivity contribution in [2.45, 2.75) is 33.2 Å². The zero-order chi connectivity index (χ0) is 19.3. The SMILES string of the molecule is COC[C@H](C)n1c(C)cc(C(=O)COC(=O)Cc2ccc(Br)cc2)c1C. The average molecular weight is 422 g/mol. The van der Waals surface area contributed by atoms with Gasteiger partial charge in [-0.1, -0.05) is 28.1 Å². The number of ether oxygens (including phenoxy) is 2. The molecule has 0 N–H and O–H groups in total. The number of esters is 1. The molecule has 0 radical (unpaired) electrons. The van der Waals surface area contributed by atoms with E-state index in [1.165, 1.54) is 0 Å². The second-order valence-electron chi connectivity index (χ2n) is 6.35. The van der Waals surface area contributed by atoms with Crippen molar-refractivity contribution in [3.63, 3.8) is 0 Å². The molecule has 0 aliphatic heterocycles. The summed E-state index contributed by atoms with van der Waals surface area (Å²) in [5, 5.41) is 0. The lowest BCUT2D eigenvalue weighted by atomic mass is 10.1. The zero-order valence-corrected chi connectivity index (χ0v) is 17.1. The van der Waals surface area contributed by atoms with Crippen molar-refractivity contribution in [1.29, 1.82) is 0 Å². The summed E-state index contributed by atoms with van der Waals surface area (Å²) in [6.45, 7) is 6.20. The van der Waals surface area contributed by atoms with Crippen molar-refractivity contribution in [1.82, 2.24) is 4.57 Å². The van der Waals surface area contributed by atoms with E-state index in [9.17, 15) is 9.59 Å². The lowest BCUT2D eigenvalue weighted by Crippen LogP contribution is -2.17. The summed E-state index contributed by atoms with van der Waals surface area (Å²) >= 11 is 3.35. The fourth-order valence-corrected chi connectivity index (χ4v) is 3.36. The van der Waals surface area contributed by atoms with Crippen LogP contribution in [0.4, 0.5) is 0 Å². The Morgan fingerprint density at radius 2 is 1.85 bits per heavy atom. The molecular weight excluding hydrogens is 398 g/mol. The molecular formula is C20H24BrNO4. The molecule has 1 atom stereocenters. The first-order valence-corrected chi connectivity index (χ1v) is 9.23. The Hall–Kier alpha value is -1.92. The maximum Gasteiger partial charge on any atom is 0.310 e. The summed E-state index contributed by atoms with van der Waals surface area (Å²) < 4.78 is 13.4. The highest BCUT2D eigenvalue weighted by atomic mass is 79.9. The molecule has 0 saturated heterocycles. The highest BCUT2D eigenvalue weighted by molar-refractivity contribution is 9.10. The third-order valence-electron chi connectivity index (χ3n) is 4.26. The van der Waals surface area contributed by atoms with Gasteiger partial charge in [-0.05, 0) is 44.5 Å². The van der Waals surface area contributed by atoms with Crippen molar-refractivity contribution >= 4 is 27.7 Å². The molecule has 0 fully saturated rings. The van der Waals surface area contributed by atoms with Crippen LogP contribution in [0.15, 0.2) is 34.8 Å². The van der Waals surface area contributed by atoms with Crippen molar-refractivity contribution in [3.8, 4) is 0 Å². The molecule has 26 heavy (non-hydrogen) atoms. The molecule has 0 unspecified atom stereocenters. The van der Waals surface area contributed by atoms with Gasteiger partial charge in [0.25, 0.3) is 0 Å². The van der Waals surface area contributed by atoms with E-state index in [1.54, 1.807) is 7.11 Å². The molecule has 1 aromatic carbocycles. The minimum Gasteiger partial charge on any atom is -0.457 e. The Morgan fingerprint density at radius 1 is 1.19 bits per heavy atom. The third kappa shape index (κ3) is 5.05. The fraction of sp³-hybridized carbons (Fsp3) is 0.400.